The molecule has 5 nitrogen and oxygen atoms in total. The molecular weight excluding hydrogens is 256 g/mol. The number of nitrogens with one attached hydrogen (secondary N) is 2. The fourth-order valence-electron chi connectivity index (χ4n) is 1.61. The van der Waals surface area contributed by atoms with E-state index in [2.05, 4.69) is 15.4 Å². The second kappa shape index (κ2) is 5.37. The van der Waals surface area contributed by atoms with Crippen molar-refractivity contribution in [2.75, 3.05) is 25.5 Å². The largest absolute Gasteiger partial charge is 0.465 e. The molecule has 0 bridgehead atoms. The zero-order valence-electron chi connectivity index (χ0n) is 9.83. The normalized spacial score (nSPS) is 14.8. The molecule has 0 atom stereocenters. The SMILES string of the molecule is COC(=O)c1cc(Cl)ccc1NC(=O)C1CNC1. The van der Waals surface area contributed by atoms with Gasteiger partial charge >= 0.3 is 5.97 Å². The summed E-state index contributed by atoms with van der Waals surface area (Å²) < 4.78 is 4.65. The van der Waals surface area contributed by atoms with Gasteiger partial charge in [0.1, 0.15) is 0 Å². The Labute approximate surface area is 109 Å². The second-order valence-corrected chi connectivity index (χ2v) is 4.46. The van der Waals surface area contributed by atoms with E-state index in [1.54, 1.807) is 12.1 Å². The lowest BCUT2D eigenvalue weighted by Crippen LogP contribution is -2.48. The maximum atomic E-state index is 11.8. The summed E-state index contributed by atoms with van der Waals surface area (Å²) in [5.74, 6) is -0.688. The number of rotatable bonds is 3. The third-order valence-electron chi connectivity index (χ3n) is 2.80. The van der Waals surface area contributed by atoms with Crippen molar-refractivity contribution in [2.45, 2.75) is 0 Å². The maximum Gasteiger partial charge on any atom is 0.340 e. The summed E-state index contributed by atoms with van der Waals surface area (Å²) in [6.07, 6.45) is 0. The first-order chi connectivity index (χ1) is 8.61. The van der Waals surface area contributed by atoms with Crippen LogP contribution in [-0.2, 0) is 9.53 Å². The molecule has 0 saturated carbocycles. The lowest BCUT2D eigenvalue weighted by Gasteiger charge is -2.26. The standard InChI is InChI=1S/C12H13ClN2O3/c1-18-12(17)9-4-8(13)2-3-10(9)15-11(16)7-5-14-6-7/h2-4,7,14H,5-6H2,1H3,(H,15,16). The van der Waals surface area contributed by atoms with E-state index in [4.69, 9.17) is 11.6 Å². The van der Waals surface area contributed by atoms with E-state index >= 15 is 0 Å². The van der Waals surface area contributed by atoms with Crippen molar-refractivity contribution in [1.82, 2.24) is 5.32 Å². The van der Waals surface area contributed by atoms with Gasteiger partial charge < -0.3 is 15.4 Å². The number of methoxy groups -OCH3 is 1. The van der Waals surface area contributed by atoms with Gasteiger partial charge in [-0.25, -0.2) is 4.79 Å². The molecule has 6 heteroatoms. The van der Waals surface area contributed by atoms with E-state index in [0.717, 1.165) is 0 Å². The third-order valence-corrected chi connectivity index (χ3v) is 3.03. The number of amides is 1. The number of hydrogen-bond donors (Lipinski definition) is 2. The van der Waals surface area contributed by atoms with Crippen LogP contribution in [0, 0.1) is 5.92 Å². The van der Waals surface area contributed by atoms with Crippen LogP contribution in [0.2, 0.25) is 5.02 Å². The smallest absolute Gasteiger partial charge is 0.340 e. The predicted molar refractivity (Wildman–Crippen MR) is 67.8 cm³/mol. The molecule has 96 valence electrons. The van der Waals surface area contributed by atoms with E-state index in [1.165, 1.54) is 13.2 Å². The fourth-order valence-corrected chi connectivity index (χ4v) is 1.79. The van der Waals surface area contributed by atoms with Gasteiger partial charge in [0, 0.05) is 18.1 Å². The van der Waals surface area contributed by atoms with Crippen molar-refractivity contribution in [3.8, 4) is 0 Å². The molecule has 0 unspecified atom stereocenters. The van der Waals surface area contributed by atoms with Crippen molar-refractivity contribution >= 4 is 29.2 Å². The van der Waals surface area contributed by atoms with E-state index in [9.17, 15) is 9.59 Å². The van der Waals surface area contributed by atoms with Gasteiger partial charge in [-0.15, -0.1) is 0 Å². The molecule has 1 aromatic rings. The van der Waals surface area contributed by atoms with Gasteiger partial charge in [-0.1, -0.05) is 11.6 Å². The highest BCUT2D eigenvalue weighted by atomic mass is 35.5. The molecule has 2 N–H and O–H groups in total. The number of carbonyl (C=O) groups is 2. The number of esters is 1. The number of benzene rings is 1. The number of ether oxygens (including phenoxy) is 1. The van der Waals surface area contributed by atoms with Crippen LogP contribution in [-0.4, -0.2) is 32.1 Å². The summed E-state index contributed by atoms with van der Waals surface area (Å²) in [6, 6.07) is 4.68. The molecule has 1 aliphatic heterocycles. The Kier molecular flexibility index (Phi) is 3.84. The number of anilines is 1. The topological polar surface area (TPSA) is 67.4 Å². The van der Waals surface area contributed by atoms with E-state index in [0.29, 0.717) is 23.8 Å². The Balaban J connectivity index is 2.20. The van der Waals surface area contributed by atoms with Crippen LogP contribution in [0.15, 0.2) is 18.2 Å². The average Bonchev–Trinajstić information content (AvgIpc) is 2.28. The Morgan fingerprint density at radius 1 is 1.44 bits per heavy atom. The number of halogens is 1. The first-order valence-electron chi connectivity index (χ1n) is 5.51. The molecule has 0 aromatic heterocycles. The Bertz CT molecular complexity index is 486. The summed E-state index contributed by atoms with van der Waals surface area (Å²) in [5.41, 5.74) is 0.675. The van der Waals surface area contributed by atoms with Gasteiger partial charge in [0.05, 0.1) is 24.3 Å². The molecule has 0 aliphatic carbocycles. The summed E-state index contributed by atoms with van der Waals surface area (Å²) in [7, 11) is 1.28. The number of hydrogen-bond acceptors (Lipinski definition) is 4. The zero-order chi connectivity index (χ0) is 13.1. The summed E-state index contributed by atoms with van der Waals surface area (Å²) in [5, 5.41) is 6.14. The monoisotopic (exact) mass is 268 g/mol. The first kappa shape index (κ1) is 12.9. The molecule has 1 aromatic carbocycles. The average molecular weight is 269 g/mol. The van der Waals surface area contributed by atoms with Crippen LogP contribution in [0.4, 0.5) is 5.69 Å². The van der Waals surface area contributed by atoms with Crippen LogP contribution in [0.3, 0.4) is 0 Å². The molecule has 18 heavy (non-hydrogen) atoms. The third kappa shape index (κ3) is 2.63. The van der Waals surface area contributed by atoms with Crippen molar-refractivity contribution in [1.29, 1.82) is 0 Å². The lowest BCUT2D eigenvalue weighted by molar-refractivity contribution is -0.121. The lowest BCUT2D eigenvalue weighted by atomic mass is 10.0. The quantitative estimate of drug-likeness (QED) is 0.811. The van der Waals surface area contributed by atoms with E-state index in [-0.39, 0.29) is 17.4 Å². The van der Waals surface area contributed by atoms with Crippen LogP contribution in [0.1, 0.15) is 10.4 Å². The fraction of sp³-hybridized carbons (Fsp3) is 0.333. The van der Waals surface area contributed by atoms with Crippen molar-refractivity contribution in [3.63, 3.8) is 0 Å². The first-order valence-corrected chi connectivity index (χ1v) is 5.89. The predicted octanol–water partition coefficient (Wildman–Crippen LogP) is 1.28. The summed E-state index contributed by atoms with van der Waals surface area (Å²) in [6.45, 7) is 1.32. The molecule has 0 radical (unpaired) electrons. The van der Waals surface area contributed by atoms with Crippen molar-refractivity contribution in [3.05, 3.63) is 28.8 Å². The molecule has 1 fully saturated rings. The van der Waals surface area contributed by atoms with Crippen molar-refractivity contribution < 1.29 is 14.3 Å². The highest BCUT2D eigenvalue weighted by Gasteiger charge is 2.26. The zero-order valence-corrected chi connectivity index (χ0v) is 10.6. The molecule has 1 amide bonds. The molecule has 0 spiro atoms. The van der Waals surface area contributed by atoms with Crippen molar-refractivity contribution in [2.24, 2.45) is 5.92 Å². The van der Waals surface area contributed by atoms with Crippen LogP contribution < -0.4 is 10.6 Å². The second-order valence-electron chi connectivity index (χ2n) is 4.03. The Morgan fingerprint density at radius 3 is 2.72 bits per heavy atom. The Hall–Kier alpha value is -1.59. The maximum absolute atomic E-state index is 11.8. The van der Waals surface area contributed by atoms with Gasteiger partial charge in [0.15, 0.2) is 0 Å². The number of carbonyl (C=O) groups excluding carboxylic acids is 2. The Morgan fingerprint density at radius 2 is 2.17 bits per heavy atom. The minimum Gasteiger partial charge on any atom is -0.465 e. The van der Waals surface area contributed by atoms with E-state index in [1.807, 2.05) is 0 Å². The minimum atomic E-state index is -0.528. The molecule has 1 aliphatic rings. The van der Waals surface area contributed by atoms with Gasteiger partial charge in [0.2, 0.25) is 5.91 Å². The van der Waals surface area contributed by atoms with E-state index < -0.39 is 5.97 Å². The van der Waals surface area contributed by atoms with Gasteiger partial charge in [0.25, 0.3) is 0 Å². The summed E-state index contributed by atoms with van der Waals surface area (Å²) >= 11 is 5.82. The van der Waals surface area contributed by atoms with Crippen LogP contribution in [0.25, 0.3) is 0 Å². The van der Waals surface area contributed by atoms with Crippen LogP contribution >= 0.6 is 11.6 Å². The highest BCUT2D eigenvalue weighted by Crippen LogP contribution is 2.22. The van der Waals surface area contributed by atoms with Gasteiger partial charge in [-0.3, -0.25) is 4.79 Å². The van der Waals surface area contributed by atoms with Crippen LogP contribution in [0.5, 0.6) is 0 Å². The van der Waals surface area contributed by atoms with Gasteiger partial charge in [-0.05, 0) is 18.2 Å². The molecule has 1 heterocycles. The van der Waals surface area contributed by atoms with Gasteiger partial charge in [-0.2, -0.15) is 0 Å². The minimum absolute atomic E-state index is 0.0498. The molecule has 1 saturated heterocycles. The molecule has 2 rings (SSSR count). The molecular formula is C12H13ClN2O3. The highest BCUT2D eigenvalue weighted by molar-refractivity contribution is 6.31. The summed E-state index contributed by atoms with van der Waals surface area (Å²) in [4.78, 5) is 23.4.